The van der Waals surface area contributed by atoms with Gasteiger partial charge in [0.2, 0.25) is 12.6 Å². The molecule has 1 aliphatic rings. The molecular weight excluding hydrogens is 496 g/mol. The average Bonchev–Trinajstić information content (AvgIpc) is 3.39. The number of fused-ring (bicyclic) bond motifs is 1. The van der Waals surface area contributed by atoms with Crippen LogP contribution in [0.15, 0.2) is 79.0 Å². The topological polar surface area (TPSA) is 98.2 Å². The van der Waals surface area contributed by atoms with Gasteiger partial charge in [-0.1, -0.05) is 17.7 Å². The second-order valence-electron chi connectivity index (χ2n) is 8.26. The molecule has 0 amide bonds. The Balaban J connectivity index is 1.31. The molecule has 37 heavy (non-hydrogen) atoms. The van der Waals surface area contributed by atoms with Crippen LogP contribution < -0.4 is 19.1 Å². The third-order valence-corrected chi connectivity index (χ3v) is 6.14. The highest BCUT2D eigenvalue weighted by atomic mass is 35.5. The third-order valence-electron chi connectivity index (χ3n) is 5.89. The normalized spacial score (nSPS) is 11.7. The second-order valence-corrected chi connectivity index (χ2v) is 8.70. The van der Waals surface area contributed by atoms with Crippen LogP contribution in [0.25, 0.3) is 0 Å². The monoisotopic (exact) mass is 516 g/mol. The van der Waals surface area contributed by atoms with Gasteiger partial charge < -0.3 is 24.2 Å². The maximum Gasteiger partial charge on any atom is 0.339 e. The van der Waals surface area contributed by atoms with Crippen molar-refractivity contribution in [2.45, 2.75) is 6.61 Å². The van der Waals surface area contributed by atoms with E-state index in [0.717, 1.165) is 16.9 Å². The Morgan fingerprint density at radius 2 is 1.73 bits per heavy atom. The summed E-state index contributed by atoms with van der Waals surface area (Å²) in [6, 6.07) is 20.4. The minimum absolute atomic E-state index is 0.119. The summed E-state index contributed by atoms with van der Waals surface area (Å²) in [6.45, 7) is 0.281. The van der Waals surface area contributed by atoms with E-state index in [1.165, 1.54) is 18.2 Å². The number of pyridine rings is 1. The quantitative estimate of drug-likeness (QED) is 0.296. The summed E-state index contributed by atoms with van der Waals surface area (Å²) < 4.78 is 16.4. The number of carboxylic acid groups (broad SMARTS) is 1. The molecule has 0 bridgehead atoms. The number of ether oxygens (including phenoxy) is 3. The van der Waals surface area contributed by atoms with E-state index in [9.17, 15) is 14.7 Å². The number of carbonyl (C=O) groups excluding carboxylic acids is 1. The first-order valence-electron chi connectivity index (χ1n) is 11.3. The molecule has 1 aromatic heterocycles. The van der Waals surface area contributed by atoms with E-state index in [2.05, 4.69) is 4.98 Å². The van der Waals surface area contributed by atoms with Crippen molar-refractivity contribution in [2.24, 2.45) is 0 Å². The lowest BCUT2D eigenvalue weighted by molar-refractivity contribution is 0.0691. The number of ketones is 1. The summed E-state index contributed by atoms with van der Waals surface area (Å²) in [6.07, 6.45) is 1.59. The van der Waals surface area contributed by atoms with Gasteiger partial charge >= 0.3 is 5.97 Å². The maximum absolute atomic E-state index is 13.1. The smallest absolute Gasteiger partial charge is 0.339 e. The van der Waals surface area contributed by atoms with Gasteiger partial charge in [0.15, 0.2) is 11.5 Å². The Bertz CT molecular complexity index is 1470. The molecule has 0 radical (unpaired) electrons. The zero-order chi connectivity index (χ0) is 25.9. The number of halogens is 1. The van der Waals surface area contributed by atoms with Crippen LogP contribution in [0, 0.1) is 0 Å². The molecule has 0 unspecified atom stereocenters. The summed E-state index contributed by atoms with van der Waals surface area (Å²) in [5, 5.41) is 10.4. The predicted molar refractivity (Wildman–Crippen MR) is 137 cm³/mol. The Hall–Kier alpha value is -4.56. The summed E-state index contributed by atoms with van der Waals surface area (Å²) in [4.78, 5) is 31.2. The van der Waals surface area contributed by atoms with Crippen molar-refractivity contribution in [1.82, 2.24) is 4.98 Å². The van der Waals surface area contributed by atoms with Crippen molar-refractivity contribution >= 4 is 34.7 Å². The van der Waals surface area contributed by atoms with Crippen LogP contribution in [0.4, 0.5) is 11.4 Å². The highest BCUT2D eigenvalue weighted by molar-refractivity contribution is 6.30. The molecule has 0 spiro atoms. The van der Waals surface area contributed by atoms with Gasteiger partial charge in [-0.2, -0.15) is 0 Å². The number of aromatic carboxylic acids is 1. The zero-order valence-corrected chi connectivity index (χ0v) is 20.4. The van der Waals surface area contributed by atoms with Gasteiger partial charge in [0.1, 0.15) is 23.6 Å². The Morgan fingerprint density at radius 3 is 2.46 bits per heavy atom. The number of hydrogen-bond acceptors (Lipinski definition) is 7. The molecule has 186 valence electrons. The molecular formula is C28H21ClN2O6. The number of benzene rings is 3. The number of aromatic nitrogens is 1. The molecule has 9 heteroatoms. The summed E-state index contributed by atoms with van der Waals surface area (Å²) in [5.41, 5.74) is 2.74. The first-order valence-corrected chi connectivity index (χ1v) is 11.7. The lowest BCUT2D eigenvalue weighted by Gasteiger charge is -2.19. The standard InChI is InChI=1S/C28H21ClN2O6/c1-31(20-6-4-19(29)5-7-20)21-8-9-23(30-14-21)27(32)18-3-11-24(22(13-18)28(33)34)35-15-17-2-10-25-26(12-17)37-16-36-25/h2-14H,15-16H2,1H3,(H,33,34). The van der Waals surface area contributed by atoms with E-state index in [1.807, 2.05) is 30.1 Å². The molecule has 5 rings (SSSR count). The summed E-state index contributed by atoms with van der Waals surface area (Å²) in [7, 11) is 1.88. The predicted octanol–water partition coefficient (Wildman–Crippen LogP) is 5.74. The van der Waals surface area contributed by atoms with Crippen LogP contribution in [-0.2, 0) is 6.61 Å². The molecule has 0 aliphatic carbocycles. The highest BCUT2D eigenvalue weighted by Crippen LogP contribution is 2.33. The lowest BCUT2D eigenvalue weighted by Crippen LogP contribution is -2.11. The molecule has 4 aromatic rings. The van der Waals surface area contributed by atoms with Crippen LogP contribution in [0.5, 0.6) is 17.2 Å². The van der Waals surface area contributed by atoms with Gasteiger partial charge in [-0.25, -0.2) is 4.79 Å². The largest absolute Gasteiger partial charge is 0.488 e. The van der Waals surface area contributed by atoms with Crippen molar-refractivity contribution < 1.29 is 28.9 Å². The third kappa shape index (κ3) is 5.19. The zero-order valence-electron chi connectivity index (χ0n) is 19.7. The van der Waals surface area contributed by atoms with Crippen molar-refractivity contribution in [3.8, 4) is 17.2 Å². The Kier molecular flexibility index (Phi) is 6.66. The van der Waals surface area contributed by atoms with Gasteiger partial charge in [-0.3, -0.25) is 9.78 Å². The van der Waals surface area contributed by atoms with Gasteiger partial charge in [0.25, 0.3) is 0 Å². The second kappa shape index (κ2) is 10.2. The number of anilines is 2. The molecule has 2 heterocycles. The van der Waals surface area contributed by atoms with Crippen LogP contribution >= 0.6 is 11.6 Å². The fourth-order valence-corrected chi connectivity index (χ4v) is 3.96. The average molecular weight is 517 g/mol. The minimum atomic E-state index is -1.21. The lowest BCUT2D eigenvalue weighted by atomic mass is 10.0. The van der Waals surface area contributed by atoms with Gasteiger partial charge in [0, 0.05) is 23.3 Å². The fourth-order valence-electron chi connectivity index (χ4n) is 3.84. The van der Waals surface area contributed by atoms with Gasteiger partial charge in [-0.05, 0) is 72.3 Å². The van der Waals surface area contributed by atoms with E-state index < -0.39 is 11.8 Å². The molecule has 1 N–H and O–H groups in total. The van der Waals surface area contributed by atoms with Crippen LogP contribution in [0.1, 0.15) is 32.0 Å². The number of hydrogen-bond donors (Lipinski definition) is 1. The Labute approximate surface area is 217 Å². The molecule has 0 saturated heterocycles. The molecule has 1 aliphatic heterocycles. The van der Waals surface area contributed by atoms with Crippen LogP contribution in [-0.4, -0.2) is 35.7 Å². The number of carbonyl (C=O) groups is 2. The van der Waals surface area contributed by atoms with E-state index >= 15 is 0 Å². The van der Waals surface area contributed by atoms with E-state index in [1.54, 1.807) is 42.6 Å². The van der Waals surface area contributed by atoms with Crippen molar-refractivity contribution in [3.63, 3.8) is 0 Å². The van der Waals surface area contributed by atoms with Crippen molar-refractivity contribution in [3.05, 3.63) is 106 Å². The number of rotatable bonds is 8. The van der Waals surface area contributed by atoms with Crippen molar-refractivity contribution in [1.29, 1.82) is 0 Å². The molecule has 3 aromatic carbocycles. The number of carboxylic acids is 1. The first kappa shape index (κ1) is 24.1. The van der Waals surface area contributed by atoms with E-state index in [-0.39, 0.29) is 36.0 Å². The number of nitrogens with zero attached hydrogens (tertiary/aromatic N) is 2. The summed E-state index contributed by atoms with van der Waals surface area (Å²) >= 11 is 5.96. The summed E-state index contributed by atoms with van der Waals surface area (Å²) in [5.74, 6) is -0.196. The van der Waals surface area contributed by atoms with Crippen molar-refractivity contribution in [2.75, 3.05) is 18.7 Å². The maximum atomic E-state index is 13.1. The Morgan fingerprint density at radius 1 is 0.973 bits per heavy atom. The molecule has 0 fully saturated rings. The fraction of sp³-hybridized carbons (Fsp3) is 0.107. The van der Waals surface area contributed by atoms with Gasteiger partial charge in [0.05, 0.1) is 11.9 Å². The van der Waals surface area contributed by atoms with E-state index in [4.69, 9.17) is 25.8 Å². The van der Waals surface area contributed by atoms with Crippen LogP contribution in [0.2, 0.25) is 5.02 Å². The molecule has 0 atom stereocenters. The van der Waals surface area contributed by atoms with Gasteiger partial charge in [-0.15, -0.1) is 0 Å². The van der Waals surface area contributed by atoms with Crippen LogP contribution in [0.3, 0.4) is 0 Å². The minimum Gasteiger partial charge on any atom is -0.488 e. The first-order chi connectivity index (χ1) is 17.9. The molecule has 8 nitrogen and oxygen atoms in total. The highest BCUT2D eigenvalue weighted by Gasteiger charge is 2.19. The molecule has 0 saturated carbocycles. The van der Waals surface area contributed by atoms with E-state index in [0.29, 0.717) is 16.5 Å². The SMILES string of the molecule is CN(c1ccc(Cl)cc1)c1ccc(C(=O)c2ccc(OCc3ccc4c(c3)OCO4)c(C(=O)O)c2)nc1.